The third kappa shape index (κ3) is 5.57. The fraction of sp³-hybridized carbons (Fsp3) is 0. The molecule has 0 atom stereocenters. The lowest BCUT2D eigenvalue weighted by Crippen LogP contribution is -2.12. The summed E-state index contributed by atoms with van der Waals surface area (Å²) in [6.07, 6.45) is 0. The Morgan fingerprint density at radius 2 is 0.794 bits per heavy atom. The van der Waals surface area contributed by atoms with Crippen LogP contribution in [-0.4, -0.2) is 0 Å². The topological polar surface area (TPSA) is 38.1 Å². The minimum absolute atomic E-state index is 0.791. The van der Waals surface area contributed by atoms with E-state index in [1.165, 1.54) is 0 Å². The molecule has 2 aliphatic rings. The van der Waals surface area contributed by atoms with E-state index in [1.807, 2.05) is 18.2 Å². The summed E-state index contributed by atoms with van der Waals surface area (Å²) in [7, 11) is 0. The average Bonchev–Trinajstić information content (AvgIpc) is 3.73. The zero-order valence-corrected chi connectivity index (χ0v) is 33.9. The summed E-state index contributed by atoms with van der Waals surface area (Å²) in [5, 5.41) is 4.28. The van der Waals surface area contributed by atoms with Crippen molar-refractivity contribution in [1.82, 2.24) is 0 Å². The molecule has 0 saturated heterocycles. The second kappa shape index (κ2) is 14.0. The zero-order valence-electron chi connectivity index (χ0n) is 33.9. The summed E-state index contributed by atoms with van der Waals surface area (Å²) >= 11 is 0. The highest BCUT2D eigenvalue weighted by Crippen LogP contribution is 2.57. The monoisotopic (exact) mass is 808 g/mol. The van der Waals surface area contributed by atoms with E-state index in [9.17, 15) is 0 Å². The van der Waals surface area contributed by atoms with Gasteiger partial charge in [-0.2, -0.15) is 0 Å². The molecule has 0 amide bonds. The molecule has 1 aromatic heterocycles. The normalized spacial score (nSPS) is 12.1. The molecular formula is C58H36N2O3. The van der Waals surface area contributed by atoms with Crippen LogP contribution in [-0.2, 0) is 0 Å². The SMILES string of the molecule is c1ccc(-c2ccccc2N(c2ccccc2)c2ccc3c(c2)Oc2ccc4c5c(ccc-3c25)Oc2cc(N(c3ccccc3)c3cccc5c3oc3ccccc35)ccc2-4)cc1. The van der Waals surface area contributed by atoms with Gasteiger partial charge in [-0.15, -0.1) is 0 Å². The Morgan fingerprint density at radius 1 is 0.302 bits per heavy atom. The van der Waals surface area contributed by atoms with E-state index in [-0.39, 0.29) is 0 Å². The molecule has 0 aliphatic carbocycles. The molecule has 5 nitrogen and oxygen atoms in total. The first kappa shape index (κ1) is 35.2. The Bertz CT molecular complexity index is 3580. The van der Waals surface area contributed by atoms with Gasteiger partial charge in [0, 0.05) is 67.4 Å². The molecule has 5 heteroatoms. The highest BCUT2D eigenvalue weighted by molar-refractivity contribution is 6.15. The first-order chi connectivity index (χ1) is 31.2. The van der Waals surface area contributed by atoms with Gasteiger partial charge in [0.15, 0.2) is 5.58 Å². The Kier molecular flexibility index (Phi) is 7.84. The minimum atomic E-state index is 0.791. The summed E-state index contributed by atoms with van der Waals surface area (Å²) in [5.74, 6) is 3.21. The van der Waals surface area contributed by atoms with E-state index in [0.29, 0.717) is 0 Å². The fourth-order valence-electron chi connectivity index (χ4n) is 9.65. The molecular weight excluding hydrogens is 773 g/mol. The average molecular weight is 809 g/mol. The van der Waals surface area contributed by atoms with Crippen LogP contribution < -0.4 is 19.3 Å². The predicted octanol–water partition coefficient (Wildman–Crippen LogP) is 16.9. The summed E-state index contributed by atoms with van der Waals surface area (Å²) < 4.78 is 20.4. The molecule has 3 heterocycles. The number of hydrogen-bond donors (Lipinski definition) is 0. The van der Waals surface area contributed by atoms with Crippen molar-refractivity contribution in [2.45, 2.75) is 0 Å². The predicted molar refractivity (Wildman–Crippen MR) is 257 cm³/mol. The molecule has 13 rings (SSSR count). The molecule has 0 radical (unpaired) electrons. The fourth-order valence-corrected chi connectivity index (χ4v) is 9.65. The van der Waals surface area contributed by atoms with Crippen LogP contribution in [0.15, 0.2) is 223 Å². The van der Waals surface area contributed by atoms with E-state index in [2.05, 4.69) is 210 Å². The highest BCUT2D eigenvalue weighted by Gasteiger charge is 2.30. The highest BCUT2D eigenvalue weighted by atomic mass is 16.5. The number of furan rings is 1. The van der Waals surface area contributed by atoms with Crippen molar-refractivity contribution in [3.8, 4) is 56.4 Å². The maximum absolute atomic E-state index is 6.90. The van der Waals surface area contributed by atoms with Gasteiger partial charge in [-0.05, 0) is 108 Å². The van der Waals surface area contributed by atoms with Crippen molar-refractivity contribution >= 4 is 66.8 Å². The summed E-state index contributed by atoms with van der Waals surface area (Å²) in [6, 6.07) is 76.4. The third-order valence-corrected chi connectivity index (χ3v) is 12.4. The van der Waals surface area contributed by atoms with E-state index < -0.39 is 0 Å². The van der Waals surface area contributed by atoms with E-state index >= 15 is 0 Å². The molecule has 10 aromatic carbocycles. The molecule has 0 bridgehead atoms. The molecule has 2 aliphatic heterocycles. The largest absolute Gasteiger partial charge is 0.456 e. The number of hydrogen-bond acceptors (Lipinski definition) is 5. The van der Waals surface area contributed by atoms with Crippen molar-refractivity contribution in [2.24, 2.45) is 0 Å². The van der Waals surface area contributed by atoms with Crippen LogP contribution in [0.3, 0.4) is 0 Å². The van der Waals surface area contributed by atoms with Crippen LogP contribution in [0, 0.1) is 0 Å². The Hall–Kier alpha value is -8.54. The van der Waals surface area contributed by atoms with Crippen LogP contribution in [0.25, 0.3) is 66.1 Å². The van der Waals surface area contributed by atoms with Gasteiger partial charge in [0.1, 0.15) is 28.6 Å². The van der Waals surface area contributed by atoms with E-state index in [4.69, 9.17) is 13.9 Å². The Balaban J connectivity index is 0.914. The minimum Gasteiger partial charge on any atom is -0.456 e. The van der Waals surface area contributed by atoms with Crippen LogP contribution in [0.4, 0.5) is 34.1 Å². The molecule has 296 valence electrons. The number of anilines is 6. The quantitative estimate of drug-likeness (QED) is 0.160. The first-order valence-corrected chi connectivity index (χ1v) is 21.2. The summed E-state index contributed by atoms with van der Waals surface area (Å²) in [5.41, 5.74) is 14.4. The van der Waals surface area contributed by atoms with Gasteiger partial charge in [0.05, 0.1) is 17.1 Å². The lowest BCUT2D eigenvalue weighted by atomic mass is 9.88. The van der Waals surface area contributed by atoms with Gasteiger partial charge in [0.25, 0.3) is 0 Å². The molecule has 0 spiro atoms. The maximum Gasteiger partial charge on any atom is 0.159 e. The van der Waals surface area contributed by atoms with Crippen LogP contribution >= 0.6 is 0 Å². The van der Waals surface area contributed by atoms with Crippen molar-refractivity contribution < 1.29 is 13.9 Å². The first-order valence-electron chi connectivity index (χ1n) is 21.2. The van der Waals surface area contributed by atoms with Gasteiger partial charge in [-0.1, -0.05) is 115 Å². The summed E-state index contributed by atoms with van der Waals surface area (Å²) in [6.45, 7) is 0. The van der Waals surface area contributed by atoms with Crippen molar-refractivity contribution in [2.75, 3.05) is 9.80 Å². The van der Waals surface area contributed by atoms with Crippen LogP contribution in [0.1, 0.15) is 0 Å². The standard InChI is InChI=1S/C58H36N2O3/c1-4-15-37(16-5-1)42-21-10-12-24-49(42)59(38-17-6-2-7-18-38)40-27-29-44-46-31-34-53-57-47(32-33-52(56(46)57)61-54(44)35-40)45-30-28-41(36-55(45)62-53)60(39-19-8-3-9-20-39)50-25-14-23-48-43-22-11-13-26-51(43)63-58(48)50/h1-36H. The van der Waals surface area contributed by atoms with Gasteiger partial charge < -0.3 is 23.7 Å². The smallest absolute Gasteiger partial charge is 0.159 e. The molecule has 11 aromatic rings. The number of para-hydroxylation sites is 5. The zero-order chi connectivity index (χ0) is 41.4. The number of rotatable bonds is 7. The van der Waals surface area contributed by atoms with E-state index in [1.54, 1.807) is 0 Å². The molecule has 0 unspecified atom stereocenters. The van der Waals surface area contributed by atoms with Crippen LogP contribution in [0.2, 0.25) is 0 Å². The number of ether oxygens (including phenoxy) is 2. The Labute approximate surface area is 363 Å². The Morgan fingerprint density at radius 3 is 1.43 bits per heavy atom. The lowest BCUT2D eigenvalue weighted by molar-refractivity contribution is 0.480. The van der Waals surface area contributed by atoms with Gasteiger partial charge in [-0.25, -0.2) is 0 Å². The number of nitrogens with zero attached hydrogens (tertiary/aromatic N) is 2. The molecule has 0 fully saturated rings. The summed E-state index contributed by atoms with van der Waals surface area (Å²) in [4.78, 5) is 4.57. The lowest BCUT2D eigenvalue weighted by Gasteiger charge is -2.31. The van der Waals surface area contributed by atoms with Gasteiger partial charge >= 0.3 is 0 Å². The van der Waals surface area contributed by atoms with Crippen molar-refractivity contribution in [1.29, 1.82) is 0 Å². The molecule has 63 heavy (non-hydrogen) atoms. The van der Waals surface area contributed by atoms with Gasteiger partial charge in [-0.3, -0.25) is 0 Å². The van der Waals surface area contributed by atoms with Crippen molar-refractivity contribution in [3.63, 3.8) is 0 Å². The van der Waals surface area contributed by atoms with E-state index in [0.717, 1.165) is 123 Å². The number of fused-ring (bicyclic) bond motifs is 7. The second-order valence-corrected chi connectivity index (χ2v) is 16.0. The third-order valence-electron chi connectivity index (χ3n) is 12.4. The molecule has 0 saturated carbocycles. The van der Waals surface area contributed by atoms with Gasteiger partial charge in [0.2, 0.25) is 0 Å². The van der Waals surface area contributed by atoms with Crippen LogP contribution in [0.5, 0.6) is 23.0 Å². The van der Waals surface area contributed by atoms with Crippen molar-refractivity contribution in [3.05, 3.63) is 218 Å². The maximum atomic E-state index is 6.90. The molecule has 0 N–H and O–H groups in total. The number of benzene rings is 10. The second-order valence-electron chi connectivity index (χ2n) is 16.0.